The molecule has 1 fully saturated rings. The number of aliphatic hydroxyl groups is 1. The first kappa shape index (κ1) is 16.5. The van der Waals surface area contributed by atoms with Crippen LogP contribution >= 0.6 is 0 Å². The van der Waals surface area contributed by atoms with Crippen LogP contribution in [-0.2, 0) is 0 Å². The third-order valence-electron chi connectivity index (χ3n) is 4.27. The second-order valence-electron chi connectivity index (χ2n) is 5.78. The lowest BCUT2D eigenvalue weighted by atomic mass is 9.93. The van der Waals surface area contributed by atoms with E-state index in [1.54, 1.807) is 6.07 Å². The molecule has 8 heteroatoms. The van der Waals surface area contributed by atoms with Crippen molar-refractivity contribution in [2.75, 3.05) is 19.7 Å². The first-order valence-corrected chi connectivity index (χ1v) is 7.50. The van der Waals surface area contributed by atoms with Crippen LogP contribution in [0.1, 0.15) is 16.8 Å². The summed E-state index contributed by atoms with van der Waals surface area (Å²) in [4.78, 5) is 13.9. The van der Waals surface area contributed by atoms with Crippen LogP contribution < -0.4 is 0 Å². The van der Waals surface area contributed by atoms with E-state index in [0.717, 1.165) is 0 Å². The molecule has 1 aromatic carbocycles. The fourth-order valence-electron chi connectivity index (χ4n) is 2.84. The fraction of sp³-hybridized carbons (Fsp3) is 0.375. The molecule has 2 heterocycles. The Labute approximate surface area is 136 Å². The predicted molar refractivity (Wildman–Crippen MR) is 80.0 cm³/mol. The number of halogens is 3. The zero-order valence-corrected chi connectivity index (χ0v) is 12.7. The molecule has 5 nitrogen and oxygen atoms in total. The molecule has 2 N–H and O–H groups in total. The van der Waals surface area contributed by atoms with Crippen LogP contribution in [0.15, 0.2) is 30.5 Å². The summed E-state index contributed by atoms with van der Waals surface area (Å²) in [6.45, 7) is -1.10. The number of hydrogen-bond acceptors (Lipinski definition) is 3. The summed E-state index contributed by atoms with van der Waals surface area (Å²) in [5, 5.41) is 15.5. The average Bonchev–Trinajstić information content (AvgIpc) is 3.04. The lowest BCUT2D eigenvalue weighted by Crippen LogP contribution is -2.50. The van der Waals surface area contributed by atoms with Crippen molar-refractivity contribution in [1.29, 1.82) is 0 Å². The van der Waals surface area contributed by atoms with E-state index in [9.17, 15) is 18.0 Å². The van der Waals surface area contributed by atoms with Crippen LogP contribution in [0.4, 0.5) is 13.2 Å². The van der Waals surface area contributed by atoms with Gasteiger partial charge in [-0.15, -0.1) is 0 Å². The molecule has 0 unspecified atom stereocenters. The number of rotatable bonds is 3. The van der Waals surface area contributed by atoms with Gasteiger partial charge in [-0.3, -0.25) is 9.89 Å². The number of amides is 1. The van der Waals surface area contributed by atoms with Crippen molar-refractivity contribution in [2.24, 2.45) is 5.92 Å². The summed E-state index contributed by atoms with van der Waals surface area (Å²) in [6.07, 6.45) is 0.738. The molecule has 1 atom stereocenters. The molecule has 0 aliphatic carbocycles. The molecule has 1 amide bonds. The minimum atomic E-state index is -3.00. The Hall–Kier alpha value is -2.35. The first-order chi connectivity index (χ1) is 11.4. The standard InChI is InChI=1S/C16H16F3N3O2/c17-13-4-2-1-3-11(13)14-12(7-20-21-14)15(24)22-6-5-16(18,19)10(8-22)9-23/h1-4,7,10,23H,5-6,8-9H2,(H,20,21)/t10-/m1/s1. The minimum Gasteiger partial charge on any atom is -0.396 e. The van der Waals surface area contributed by atoms with E-state index in [1.165, 1.54) is 29.3 Å². The molecular formula is C16H16F3N3O2. The molecule has 3 rings (SSSR count). The van der Waals surface area contributed by atoms with Crippen LogP contribution in [0.5, 0.6) is 0 Å². The molecule has 128 valence electrons. The third kappa shape index (κ3) is 2.89. The molecule has 0 saturated carbocycles. The zero-order chi connectivity index (χ0) is 17.3. The fourth-order valence-corrected chi connectivity index (χ4v) is 2.84. The van der Waals surface area contributed by atoms with Gasteiger partial charge in [0, 0.05) is 25.1 Å². The maximum Gasteiger partial charge on any atom is 0.257 e. The smallest absolute Gasteiger partial charge is 0.257 e. The monoisotopic (exact) mass is 339 g/mol. The molecule has 0 spiro atoms. The summed E-state index contributed by atoms with van der Waals surface area (Å²) >= 11 is 0. The lowest BCUT2D eigenvalue weighted by molar-refractivity contribution is -0.113. The van der Waals surface area contributed by atoms with Crippen LogP contribution in [0.25, 0.3) is 11.3 Å². The molecule has 1 aliphatic rings. The number of alkyl halides is 2. The normalized spacial score (nSPS) is 20.2. The van der Waals surface area contributed by atoms with Crippen molar-refractivity contribution >= 4 is 5.91 Å². The summed E-state index contributed by atoms with van der Waals surface area (Å²) < 4.78 is 41.3. The quantitative estimate of drug-likeness (QED) is 0.902. The number of benzene rings is 1. The van der Waals surface area contributed by atoms with Gasteiger partial charge < -0.3 is 10.0 Å². The topological polar surface area (TPSA) is 69.2 Å². The zero-order valence-electron chi connectivity index (χ0n) is 12.7. The van der Waals surface area contributed by atoms with E-state index < -0.39 is 36.6 Å². The number of aromatic amines is 1. The van der Waals surface area contributed by atoms with Gasteiger partial charge in [-0.1, -0.05) is 12.1 Å². The number of hydrogen-bond donors (Lipinski definition) is 2. The van der Waals surface area contributed by atoms with E-state index in [1.807, 2.05) is 0 Å². The SMILES string of the molecule is O=C(c1cn[nH]c1-c1ccccc1F)N1CCC(F)(F)[C@@H](CO)C1. The van der Waals surface area contributed by atoms with Gasteiger partial charge in [-0.2, -0.15) is 5.10 Å². The van der Waals surface area contributed by atoms with E-state index in [2.05, 4.69) is 10.2 Å². The number of aliphatic hydroxyl groups excluding tert-OH is 1. The Morgan fingerprint density at radius 3 is 2.88 bits per heavy atom. The maximum atomic E-state index is 14.0. The van der Waals surface area contributed by atoms with E-state index in [4.69, 9.17) is 5.11 Å². The number of likely N-dealkylation sites (tertiary alicyclic amines) is 1. The third-order valence-corrected chi connectivity index (χ3v) is 4.27. The van der Waals surface area contributed by atoms with Crippen LogP contribution in [0.3, 0.4) is 0 Å². The largest absolute Gasteiger partial charge is 0.396 e. The number of carbonyl (C=O) groups is 1. The number of nitrogens with zero attached hydrogens (tertiary/aromatic N) is 2. The van der Waals surface area contributed by atoms with Crippen LogP contribution in [-0.4, -0.2) is 51.7 Å². The Morgan fingerprint density at radius 1 is 1.42 bits per heavy atom. The highest BCUT2D eigenvalue weighted by Gasteiger charge is 2.45. The van der Waals surface area contributed by atoms with E-state index >= 15 is 0 Å². The van der Waals surface area contributed by atoms with Crippen molar-refractivity contribution < 1.29 is 23.1 Å². The second-order valence-corrected chi connectivity index (χ2v) is 5.78. The van der Waals surface area contributed by atoms with E-state index in [-0.39, 0.29) is 29.9 Å². The Kier molecular flexibility index (Phi) is 4.31. The number of aromatic nitrogens is 2. The Bertz CT molecular complexity index is 748. The van der Waals surface area contributed by atoms with E-state index in [0.29, 0.717) is 0 Å². The number of nitrogens with one attached hydrogen (secondary N) is 1. The van der Waals surface area contributed by atoms with Gasteiger partial charge in [-0.05, 0) is 12.1 Å². The average molecular weight is 339 g/mol. The Balaban J connectivity index is 1.88. The predicted octanol–water partition coefficient (Wildman–Crippen LogP) is 2.31. The van der Waals surface area contributed by atoms with Gasteiger partial charge in [0.25, 0.3) is 11.8 Å². The highest BCUT2D eigenvalue weighted by molar-refractivity contribution is 5.99. The Morgan fingerprint density at radius 2 is 2.17 bits per heavy atom. The van der Waals surface area contributed by atoms with Gasteiger partial charge in [0.05, 0.1) is 30.0 Å². The lowest BCUT2D eigenvalue weighted by Gasteiger charge is -2.37. The van der Waals surface area contributed by atoms with Gasteiger partial charge in [0.2, 0.25) is 0 Å². The summed E-state index contributed by atoms with van der Waals surface area (Å²) in [5.41, 5.74) is 0.498. The number of piperidine rings is 1. The molecule has 0 radical (unpaired) electrons. The molecule has 0 bridgehead atoms. The summed E-state index contributed by atoms with van der Waals surface area (Å²) in [5.74, 6) is -5.35. The highest BCUT2D eigenvalue weighted by atomic mass is 19.3. The molecule has 1 saturated heterocycles. The van der Waals surface area contributed by atoms with Gasteiger partial charge in [-0.25, -0.2) is 13.2 Å². The second kappa shape index (κ2) is 6.27. The van der Waals surface area contributed by atoms with Crippen molar-refractivity contribution in [2.45, 2.75) is 12.3 Å². The van der Waals surface area contributed by atoms with Gasteiger partial charge >= 0.3 is 0 Å². The van der Waals surface area contributed by atoms with Crippen LogP contribution in [0, 0.1) is 11.7 Å². The van der Waals surface area contributed by atoms with Crippen molar-refractivity contribution in [3.63, 3.8) is 0 Å². The van der Waals surface area contributed by atoms with Gasteiger partial charge in [0.15, 0.2) is 0 Å². The minimum absolute atomic E-state index is 0.113. The van der Waals surface area contributed by atoms with Gasteiger partial charge in [0.1, 0.15) is 5.82 Å². The van der Waals surface area contributed by atoms with Crippen molar-refractivity contribution in [3.8, 4) is 11.3 Å². The first-order valence-electron chi connectivity index (χ1n) is 7.50. The molecule has 24 heavy (non-hydrogen) atoms. The number of carbonyl (C=O) groups excluding carboxylic acids is 1. The summed E-state index contributed by atoms with van der Waals surface area (Å²) in [7, 11) is 0. The summed E-state index contributed by atoms with van der Waals surface area (Å²) in [6, 6.07) is 5.90. The molecule has 2 aromatic rings. The maximum absolute atomic E-state index is 14.0. The number of H-pyrrole nitrogens is 1. The molecule has 1 aromatic heterocycles. The van der Waals surface area contributed by atoms with Crippen molar-refractivity contribution in [1.82, 2.24) is 15.1 Å². The molecular weight excluding hydrogens is 323 g/mol. The van der Waals surface area contributed by atoms with Crippen LogP contribution in [0.2, 0.25) is 0 Å². The highest BCUT2D eigenvalue weighted by Crippen LogP contribution is 2.34. The van der Waals surface area contributed by atoms with Crippen molar-refractivity contribution in [3.05, 3.63) is 41.8 Å². The molecule has 1 aliphatic heterocycles.